The highest BCUT2D eigenvalue weighted by atomic mass is 28.3. The van der Waals surface area contributed by atoms with Crippen molar-refractivity contribution in [3.8, 4) is 0 Å². The predicted molar refractivity (Wildman–Crippen MR) is 154 cm³/mol. The molecule has 0 saturated heterocycles. The molecule has 0 unspecified atom stereocenters. The van der Waals surface area contributed by atoms with Crippen molar-refractivity contribution in [2.45, 2.75) is 69.7 Å². The average Bonchev–Trinajstić information content (AvgIpc) is 3.14. The van der Waals surface area contributed by atoms with E-state index in [2.05, 4.69) is 102 Å². The van der Waals surface area contributed by atoms with Gasteiger partial charge in [0.15, 0.2) is 5.78 Å². The minimum Gasteiger partial charge on any atom is -0.368 e. The maximum absolute atomic E-state index is 15.1. The van der Waals surface area contributed by atoms with Crippen molar-refractivity contribution < 1.29 is 9.53 Å². The molecular weight excluding hydrogens is 456 g/mol. The van der Waals surface area contributed by atoms with Gasteiger partial charge in [-0.1, -0.05) is 133 Å². The number of benzene rings is 3. The molecule has 4 rings (SSSR count). The fraction of sp³-hybridized carbons (Fsp3) is 0.364. The Morgan fingerprint density at radius 2 is 1.14 bits per heavy atom. The molecule has 2 atom stereocenters. The second-order valence-electron chi connectivity index (χ2n) is 11.0. The van der Waals surface area contributed by atoms with Crippen LogP contribution in [0.5, 0.6) is 0 Å². The highest BCUT2D eigenvalue weighted by molar-refractivity contribution is 6.94. The number of methoxy groups -OCH3 is 1. The van der Waals surface area contributed by atoms with E-state index in [0.717, 1.165) is 27.5 Å². The second-order valence-corrected chi connectivity index (χ2v) is 16.9. The molecule has 0 saturated carbocycles. The molecule has 3 heteroatoms. The molecule has 0 aromatic heterocycles. The van der Waals surface area contributed by atoms with Gasteiger partial charge in [-0.2, -0.15) is 0 Å². The Kier molecular flexibility index (Phi) is 7.54. The van der Waals surface area contributed by atoms with E-state index in [0.29, 0.717) is 16.6 Å². The summed E-state index contributed by atoms with van der Waals surface area (Å²) in [7, 11) is -0.583. The van der Waals surface area contributed by atoms with Crippen LogP contribution in [0, 0.1) is 0 Å². The topological polar surface area (TPSA) is 26.3 Å². The van der Waals surface area contributed by atoms with Gasteiger partial charge in [-0.25, -0.2) is 0 Å². The van der Waals surface area contributed by atoms with Crippen molar-refractivity contribution in [2.75, 3.05) is 7.11 Å². The van der Waals surface area contributed by atoms with Crippen LogP contribution in [0.4, 0.5) is 0 Å². The van der Waals surface area contributed by atoms with Crippen LogP contribution in [0.2, 0.25) is 16.6 Å². The molecule has 0 aliphatic heterocycles. The van der Waals surface area contributed by atoms with Crippen molar-refractivity contribution >= 4 is 19.4 Å². The van der Waals surface area contributed by atoms with Crippen LogP contribution < -0.4 is 0 Å². The number of ketones is 1. The summed E-state index contributed by atoms with van der Waals surface area (Å²) in [6.07, 6.45) is 0. The molecule has 36 heavy (non-hydrogen) atoms. The summed E-state index contributed by atoms with van der Waals surface area (Å²) in [5.41, 5.74) is 4.49. The average molecular weight is 497 g/mol. The van der Waals surface area contributed by atoms with Gasteiger partial charge in [0.1, 0.15) is 5.60 Å². The maximum atomic E-state index is 15.1. The lowest BCUT2D eigenvalue weighted by atomic mass is 9.74. The van der Waals surface area contributed by atoms with Crippen molar-refractivity contribution in [3.63, 3.8) is 0 Å². The van der Waals surface area contributed by atoms with Crippen LogP contribution in [0.1, 0.15) is 64.2 Å². The van der Waals surface area contributed by atoms with E-state index in [1.807, 2.05) is 30.3 Å². The number of rotatable bonds is 8. The number of ether oxygens (including phenoxy) is 1. The molecular formula is C33H40O2Si. The van der Waals surface area contributed by atoms with Crippen LogP contribution >= 0.6 is 0 Å². The molecule has 0 bridgehead atoms. The SMILES string of the molecule is CO[C@@]1(c2ccccc2)C(c2ccccc2)=C([Si](C(C)C)(C(C)C)C(C)C)C(=O)[C@H]1c1ccccc1. The first-order valence-electron chi connectivity index (χ1n) is 13.2. The smallest absolute Gasteiger partial charge is 0.166 e. The number of hydrogen-bond acceptors (Lipinski definition) is 2. The zero-order valence-electron chi connectivity index (χ0n) is 22.8. The molecule has 1 aliphatic rings. The van der Waals surface area contributed by atoms with Gasteiger partial charge >= 0.3 is 0 Å². The third-order valence-corrected chi connectivity index (χ3v) is 15.7. The van der Waals surface area contributed by atoms with E-state index in [-0.39, 0.29) is 5.78 Å². The Bertz CT molecular complexity index is 1190. The number of hydrogen-bond donors (Lipinski definition) is 0. The summed E-state index contributed by atoms with van der Waals surface area (Å²) < 4.78 is 6.70. The zero-order chi connectivity index (χ0) is 26.1. The van der Waals surface area contributed by atoms with Crippen molar-refractivity contribution in [1.82, 2.24) is 0 Å². The fourth-order valence-corrected chi connectivity index (χ4v) is 14.5. The lowest BCUT2D eigenvalue weighted by molar-refractivity contribution is -0.120. The van der Waals surface area contributed by atoms with Gasteiger partial charge in [0.2, 0.25) is 0 Å². The van der Waals surface area contributed by atoms with Crippen molar-refractivity contribution in [2.24, 2.45) is 0 Å². The van der Waals surface area contributed by atoms with Crippen LogP contribution in [0.3, 0.4) is 0 Å². The molecule has 0 spiro atoms. The Balaban J connectivity index is 2.24. The van der Waals surface area contributed by atoms with Crippen molar-refractivity contribution in [3.05, 3.63) is 113 Å². The van der Waals surface area contributed by atoms with Crippen LogP contribution in [0.25, 0.3) is 5.57 Å². The van der Waals surface area contributed by atoms with E-state index in [1.165, 1.54) is 0 Å². The summed E-state index contributed by atoms with van der Waals surface area (Å²) in [6, 6.07) is 31.2. The summed E-state index contributed by atoms with van der Waals surface area (Å²) in [5, 5.41) is 1.08. The molecule has 0 radical (unpaired) electrons. The van der Waals surface area contributed by atoms with Gasteiger partial charge in [-0.15, -0.1) is 0 Å². The highest BCUT2D eigenvalue weighted by Crippen LogP contribution is 2.62. The van der Waals surface area contributed by atoms with E-state index in [9.17, 15) is 0 Å². The molecule has 2 nitrogen and oxygen atoms in total. The summed E-state index contributed by atoms with van der Waals surface area (Å²) >= 11 is 0. The van der Waals surface area contributed by atoms with Crippen LogP contribution in [0.15, 0.2) is 96.2 Å². The number of carbonyl (C=O) groups is 1. The Hall–Kier alpha value is -2.75. The van der Waals surface area contributed by atoms with E-state index >= 15 is 4.79 Å². The second kappa shape index (κ2) is 10.3. The molecule has 0 amide bonds. The first kappa shape index (κ1) is 26.3. The van der Waals surface area contributed by atoms with Gasteiger partial charge < -0.3 is 4.74 Å². The van der Waals surface area contributed by atoms with Gasteiger partial charge in [0.05, 0.1) is 14.0 Å². The predicted octanol–water partition coefficient (Wildman–Crippen LogP) is 8.57. The molecule has 0 fully saturated rings. The lowest BCUT2D eigenvalue weighted by Crippen LogP contribution is -2.49. The number of carbonyl (C=O) groups excluding carboxylic acids is 1. The Morgan fingerprint density at radius 3 is 1.58 bits per heavy atom. The quantitative estimate of drug-likeness (QED) is 0.292. The van der Waals surface area contributed by atoms with Crippen molar-refractivity contribution in [1.29, 1.82) is 0 Å². The number of allylic oxidation sites excluding steroid dienone is 1. The minimum atomic E-state index is -2.37. The lowest BCUT2D eigenvalue weighted by Gasteiger charge is -2.45. The summed E-state index contributed by atoms with van der Waals surface area (Å²) in [4.78, 5) is 15.1. The minimum absolute atomic E-state index is 0.244. The number of Topliss-reactive ketones (excluding diaryl/α,β-unsaturated/α-hetero) is 1. The third-order valence-electron chi connectivity index (χ3n) is 8.56. The van der Waals surface area contributed by atoms with Gasteiger partial charge in [0.25, 0.3) is 0 Å². The normalized spacial score (nSPS) is 20.7. The molecule has 3 aromatic rings. The van der Waals surface area contributed by atoms with E-state index in [4.69, 9.17) is 4.74 Å². The highest BCUT2D eigenvalue weighted by Gasteiger charge is 2.62. The maximum Gasteiger partial charge on any atom is 0.166 e. The molecule has 0 N–H and O–H groups in total. The van der Waals surface area contributed by atoms with Gasteiger partial charge in [0, 0.05) is 7.11 Å². The third kappa shape index (κ3) is 3.84. The van der Waals surface area contributed by atoms with E-state index in [1.54, 1.807) is 7.11 Å². The van der Waals surface area contributed by atoms with Crippen LogP contribution in [-0.2, 0) is 15.1 Å². The first-order valence-corrected chi connectivity index (χ1v) is 15.5. The molecule has 0 heterocycles. The Labute approximate surface area is 218 Å². The molecule has 1 aliphatic carbocycles. The first-order chi connectivity index (χ1) is 17.2. The summed E-state index contributed by atoms with van der Waals surface area (Å²) in [6.45, 7) is 14.0. The van der Waals surface area contributed by atoms with Crippen LogP contribution in [-0.4, -0.2) is 21.0 Å². The van der Waals surface area contributed by atoms with Gasteiger partial charge in [-0.05, 0) is 44.1 Å². The largest absolute Gasteiger partial charge is 0.368 e. The molecule has 188 valence electrons. The monoisotopic (exact) mass is 496 g/mol. The summed E-state index contributed by atoms with van der Waals surface area (Å²) in [5.74, 6) is -0.201. The molecule has 3 aromatic carbocycles. The Morgan fingerprint density at radius 1 is 0.694 bits per heavy atom. The van der Waals surface area contributed by atoms with Gasteiger partial charge in [-0.3, -0.25) is 4.79 Å². The standard InChI is InChI=1S/C33H40O2Si/c1-23(2)36(24(3)4,25(5)6)32-30(27-19-13-9-14-20-27)33(35-7,28-21-15-10-16-22-28)29(31(32)34)26-17-11-8-12-18-26/h8-25,29H,1-7H3/t29-,33-/m1/s1. The zero-order valence-corrected chi connectivity index (χ0v) is 23.8. The fourth-order valence-electron chi connectivity index (χ4n) is 7.41. The van der Waals surface area contributed by atoms with E-state index < -0.39 is 19.6 Å².